The van der Waals surface area contributed by atoms with Gasteiger partial charge in [0.2, 0.25) is 5.91 Å². The molecule has 1 atom stereocenters. The Morgan fingerprint density at radius 1 is 1.45 bits per heavy atom. The van der Waals surface area contributed by atoms with E-state index in [9.17, 15) is 4.79 Å². The number of carbonyl (C=O) groups excluding carboxylic acids is 1. The van der Waals surface area contributed by atoms with E-state index in [4.69, 9.17) is 0 Å². The van der Waals surface area contributed by atoms with E-state index in [-0.39, 0.29) is 5.91 Å². The number of pyridine rings is 1. The Bertz CT molecular complexity index is 653. The topological polar surface area (TPSA) is 46.1 Å². The fraction of sp³-hybridized carbons (Fsp3) is 0.471. The van der Waals surface area contributed by atoms with Crippen LogP contribution in [0.2, 0.25) is 0 Å². The second-order valence-corrected chi connectivity index (χ2v) is 7.09. The first kappa shape index (κ1) is 15.2. The summed E-state index contributed by atoms with van der Waals surface area (Å²) in [5, 5.41) is 0.896. The number of hydrogen-bond acceptors (Lipinski definition) is 4. The standard InChI is InChI=1S/C17H21N3OS/c1-12-6-5-9-20(11-12)16(21)10-15-13(2)19-17(22-15)14-7-3-4-8-18-14/h3-4,7-8,12H,5-6,9-11H2,1-2H3. The average Bonchev–Trinajstić information content (AvgIpc) is 2.89. The number of piperidine rings is 1. The van der Waals surface area contributed by atoms with Gasteiger partial charge < -0.3 is 4.90 Å². The molecular formula is C17H21N3OS. The zero-order valence-corrected chi connectivity index (χ0v) is 13.9. The van der Waals surface area contributed by atoms with Crippen molar-refractivity contribution in [2.24, 2.45) is 5.92 Å². The predicted octanol–water partition coefficient (Wildman–Crippen LogP) is 3.31. The third-order valence-electron chi connectivity index (χ3n) is 4.10. The molecule has 1 amide bonds. The van der Waals surface area contributed by atoms with Gasteiger partial charge in [0.05, 0.1) is 17.8 Å². The highest BCUT2D eigenvalue weighted by Gasteiger charge is 2.22. The lowest BCUT2D eigenvalue weighted by atomic mass is 10.00. The molecule has 0 radical (unpaired) electrons. The molecule has 1 unspecified atom stereocenters. The molecule has 0 aliphatic carbocycles. The molecule has 3 rings (SSSR count). The zero-order chi connectivity index (χ0) is 15.5. The molecule has 0 saturated carbocycles. The SMILES string of the molecule is Cc1nc(-c2ccccn2)sc1CC(=O)N1CCCC(C)C1. The lowest BCUT2D eigenvalue weighted by molar-refractivity contribution is -0.132. The minimum absolute atomic E-state index is 0.228. The Hall–Kier alpha value is -1.75. The van der Waals surface area contributed by atoms with Gasteiger partial charge in [0.25, 0.3) is 0 Å². The van der Waals surface area contributed by atoms with Crippen molar-refractivity contribution in [3.63, 3.8) is 0 Å². The highest BCUT2D eigenvalue weighted by atomic mass is 32.1. The van der Waals surface area contributed by atoms with Gasteiger partial charge in [0.1, 0.15) is 5.01 Å². The Morgan fingerprint density at radius 2 is 2.32 bits per heavy atom. The van der Waals surface area contributed by atoms with Gasteiger partial charge in [0.15, 0.2) is 0 Å². The molecule has 116 valence electrons. The molecule has 2 aromatic heterocycles. The maximum atomic E-state index is 12.5. The molecule has 3 heterocycles. The van der Waals surface area contributed by atoms with Crippen LogP contribution in [-0.4, -0.2) is 33.9 Å². The third kappa shape index (κ3) is 3.35. The molecule has 4 nitrogen and oxygen atoms in total. The van der Waals surface area contributed by atoms with E-state index in [0.717, 1.165) is 40.8 Å². The molecule has 1 aliphatic heterocycles. The molecule has 0 N–H and O–H groups in total. The second-order valence-electron chi connectivity index (χ2n) is 6.01. The maximum absolute atomic E-state index is 12.5. The van der Waals surface area contributed by atoms with Crippen LogP contribution in [0.25, 0.3) is 10.7 Å². The fourth-order valence-electron chi connectivity index (χ4n) is 2.86. The van der Waals surface area contributed by atoms with Crippen LogP contribution < -0.4 is 0 Å². The number of amides is 1. The summed E-state index contributed by atoms with van der Waals surface area (Å²) in [6, 6.07) is 5.81. The largest absolute Gasteiger partial charge is 0.342 e. The number of aromatic nitrogens is 2. The van der Waals surface area contributed by atoms with Gasteiger partial charge in [-0.05, 0) is 37.8 Å². The summed E-state index contributed by atoms with van der Waals surface area (Å²) in [6.07, 6.45) is 4.58. The number of thiazole rings is 1. The van der Waals surface area contributed by atoms with Crippen molar-refractivity contribution < 1.29 is 4.79 Å². The van der Waals surface area contributed by atoms with E-state index in [1.165, 1.54) is 6.42 Å². The van der Waals surface area contributed by atoms with E-state index in [2.05, 4.69) is 16.9 Å². The molecule has 0 spiro atoms. The lowest BCUT2D eigenvalue weighted by Gasteiger charge is -2.30. The first-order valence-corrected chi connectivity index (χ1v) is 8.60. The van der Waals surface area contributed by atoms with Crippen LogP contribution >= 0.6 is 11.3 Å². The molecule has 1 aliphatic rings. The quantitative estimate of drug-likeness (QED) is 0.873. The molecular weight excluding hydrogens is 294 g/mol. The minimum Gasteiger partial charge on any atom is -0.342 e. The summed E-state index contributed by atoms with van der Waals surface area (Å²) in [7, 11) is 0. The van der Waals surface area contributed by atoms with Crippen LogP contribution in [0.3, 0.4) is 0 Å². The van der Waals surface area contributed by atoms with Crippen molar-refractivity contribution in [3.05, 3.63) is 35.0 Å². The van der Waals surface area contributed by atoms with Crippen LogP contribution in [0.5, 0.6) is 0 Å². The van der Waals surface area contributed by atoms with Crippen LogP contribution in [0.4, 0.5) is 0 Å². The van der Waals surface area contributed by atoms with Gasteiger partial charge in [-0.3, -0.25) is 9.78 Å². The van der Waals surface area contributed by atoms with Crippen molar-refractivity contribution in [1.29, 1.82) is 0 Å². The van der Waals surface area contributed by atoms with Crippen molar-refractivity contribution in [3.8, 4) is 10.7 Å². The molecule has 1 fully saturated rings. The molecule has 0 bridgehead atoms. The zero-order valence-electron chi connectivity index (χ0n) is 13.1. The van der Waals surface area contributed by atoms with Crippen LogP contribution in [-0.2, 0) is 11.2 Å². The van der Waals surface area contributed by atoms with Crippen LogP contribution in [0.1, 0.15) is 30.3 Å². The van der Waals surface area contributed by atoms with E-state index < -0.39 is 0 Å². The Kier molecular flexibility index (Phi) is 4.52. The Balaban J connectivity index is 1.73. The van der Waals surface area contributed by atoms with E-state index in [1.54, 1.807) is 17.5 Å². The fourth-order valence-corrected chi connectivity index (χ4v) is 3.89. The van der Waals surface area contributed by atoms with Crippen LogP contribution in [0, 0.1) is 12.8 Å². The molecule has 22 heavy (non-hydrogen) atoms. The van der Waals surface area contributed by atoms with E-state index in [0.29, 0.717) is 12.3 Å². The molecule has 1 saturated heterocycles. The number of carbonyl (C=O) groups is 1. The number of aryl methyl sites for hydroxylation is 1. The van der Waals surface area contributed by atoms with Crippen molar-refractivity contribution >= 4 is 17.2 Å². The molecule has 2 aromatic rings. The smallest absolute Gasteiger partial charge is 0.227 e. The predicted molar refractivity (Wildman–Crippen MR) is 88.8 cm³/mol. The first-order chi connectivity index (χ1) is 10.6. The lowest BCUT2D eigenvalue weighted by Crippen LogP contribution is -2.39. The van der Waals surface area contributed by atoms with E-state index in [1.807, 2.05) is 30.0 Å². The Morgan fingerprint density at radius 3 is 3.05 bits per heavy atom. The summed E-state index contributed by atoms with van der Waals surface area (Å²) in [6.45, 7) is 5.98. The monoisotopic (exact) mass is 315 g/mol. The minimum atomic E-state index is 0.228. The van der Waals surface area contributed by atoms with Gasteiger partial charge in [-0.1, -0.05) is 13.0 Å². The second kappa shape index (κ2) is 6.57. The number of nitrogens with zero attached hydrogens (tertiary/aromatic N) is 3. The van der Waals surface area contributed by atoms with Gasteiger partial charge in [0, 0.05) is 24.2 Å². The van der Waals surface area contributed by atoms with Crippen molar-refractivity contribution in [1.82, 2.24) is 14.9 Å². The first-order valence-electron chi connectivity index (χ1n) is 7.79. The summed E-state index contributed by atoms with van der Waals surface area (Å²) < 4.78 is 0. The highest BCUT2D eigenvalue weighted by molar-refractivity contribution is 7.15. The third-order valence-corrected chi connectivity index (χ3v) is 5.28. The number of likely N-dealkylation sites (tertiary alicyclic amines) is 1. The maximum Gasteiger partial charge on any atom is 0.227 e. The van der Waals surface area contributed by atoms with Gasteiger partial charge in [-0.2, -0.15) is 0 Å². The number of rotatable bonds is 3. The van der Waals surface area contributed by atoms with Gasteiger partial charge >= 0.3 is 0 Å². The highest BCUT2D eigenvalue weighted by Crippen LogP contribution is 2.27. The number of hydrogen-bond donors (Lipinski definition) is 0. The normalized spacial score (nSPS) is 18.5. The molecule has 0 aromatic carbocycles. The summed E-state index contributed by atoms with van der Waals surface area (Å²) in [5.74, 6) is 0.843. The van der Waals surface area contributed by atoms with Gasteiger partial charge in [-0.25, -0.2) is 4.98 Å². The van der Waals surface area contributed by atoms with Crippen LogP contribution in [0.15, 0.2) is 24.4 Å². The summed E-state index contributed by atoms with van der Waals surface area (Å²) >= 11 is 1.58. The Labute approximate surface area is 135 Å². The van der Waals surface area contributed by atoms with E-state index >= 15 is 0 Å². The van der Waals surface area contributed by atoms with Crippen molar-refractivity contribution in [2.75, 3.05) is 13.1 Å². The van der Waals surface area contributed by atoms with Gasteiger partial charge in [-0.15, -0.1) is 11.3 Å². The summed E-state index contributed by atoms with van der Waals surface area (Å²) in [5.41, 5.74) is 1.82. The molecule has 5 heteroatoms. The van der Waals surface area contributed by atoms with Crippen molar-refractivity contribution in [2.45, 2.75) is 33.1 Å². The summed E-state index contributed by atoms with van der Waals surface area (Å²) in [4.78, 5) is 24.5. The average molecular weight is 315 g/mol.